The van der Waals surface area contributed by atoms with E-state index >= 15 is 0 Å². The highest BCUT2D eigenvalue weighted by atomic mass is 16.5. The average Bonchev–Trinajstić information content (AvgIpc) is 2.90. The van der Waals surface area contributed by atoms with E-state index in [-0.39, 0.29) is 5.92 Å². The normalized spacial score (nSPS) is 18.0. The first-order valence-electron chi connectivity index (χ1n) is 9.51. The zero-order valence-electron chi connectivity index (χ0n) is 16.0. The molecule has 0 saturated carbocycles. The molecule has 0 N–H and O–H groups in total. The molecule has 0 spiro atoms. The Morgan fingerprint density at radius 2 is 1.86 bits per heavy atom. The first kappa shape index (κ1) is 18.2. The zero-order chi connectivity index (χ0) is 19.3. The third-order valence-corrected chi connectivity index (χ3v) is 4.91. The molecule has 136 valence electrons. The Labute approximate surface area is 168 Å². The molecule has 3 heteroatoms. The predicted octanol–water partition coefficient (Wildman–Crippen LogP) is 5.11. The lowest BCUT2D eigenvalue weighted by Gasteiger charge is -2.25. The van der Waals surface area contributed by atoms with Crippen LogP contribution in [0.4, 0.5) is 11.4 Å². The van der Waals surface area contributed by atoms with Crippen LogP contribution in [0, 0.1) is 5.92 Å². The third-order valence-electron chi connectivity index (χ3n) is 4.91. The van der Waals surface area contributed by atoms with E-state index in [0.29, 0.717) is 0 Å². The summed E-state index contributed by atoms with van der Waals surface area (Å²) in [5.74, 6) is 2.10. The monoisotopic (exact) mass is 363 g/mol. The lowest BCUT2D eigenvalue weighted by atomic mass is 9.94. The number of anilines is 2. The highest BCUT2D eigenvalue weighted by Gasteiger charge is 2.19. The molecule has 2 aromatic rings. The largest absolute Gasteiger partial charge is 0.462 e. The molecule has 2 aromatic carbocycles. The molecule has 1 aliphatic heterocycles. The van der Waals surface area contributed by atoms with E-state index in [1.165, 1.54) is 5.57 Å². The van der Waals surface area contributed by atoms with Gasteiger partial charge in [0.05, 0.1) is 0 Å². The van der Waals surface area contributed by atoms with Crippen molar-refractivity contribution in [1.82, 2.24) is 0 Å². The molecule has 1 unspecified atom stereocenters. The van der Waals surface area contributed by atoms with Crippen molar-refractivity contribution in [1.29, 1.82) is 0 Å². The van der Waals surface area contributed by atoms with Gasteiger partial charge in [0.2, 0.25) is 0 Å². The fourth-order valence-electron chi connectivity index (χ4n) is 3.53. The minimum absolute atomic E-state index is 0.243. The molecule has 0 saturated heterocycles. The molecule has 0 amide bonds. The fourth-order valence-corrected chi connectivity index (χ4v) is 3.53. The quantitative estimate of drug-likeness (QED) is 0.685. The van der Waals surface area contributed by atoms with Gasteiger partial charge in [-0.1, -0.05) is 66.2 Å². The van der Waals surface area contributed by atoms with Crippen LogP contribution in [0.2, 0.25) is 0 Å². The van der Waals surface area contributed by atoms with E-state index in [1.807, 2.05) is 43.3 Å². The minimum atomic E-state index is 0.243. The number of hydrogen-bond acceptors (Lipinski definition) is 2. The van der Waals surface area contributed by atoms with Crippen LogP contribution in [0.1, 0.15) is 6.92 Å². The van der Waals surface area contributed by atoms with E-state index < -0.39 is 0 Å². The summed E-state index contributed by atoms with van der Waals surface area (Å²) in [7, 11) is 6.02. The van der Waals surface area contributed by atoms with Crippen LogP contribution in [0.5, 0.6) is 0 Å². The van der Waals surface area contributed by atoms with Crippen molar-refractivity contribution in [3.05, 3.63) is 114 Å². The molecule has 4 rings (SSSR count). The summed E-state index contributed by atoms with van der Waals surface area (Å²) >= 11 is 0. The Morgan fingerprint density at radius 1 is 1.04 bits per heavy atom. The number of benzene rings is 2. The molecule has 1 atom stereocenters. The summed E-state index contributed by atoms with van der Waals surface area (Å²) in [6, 6.07) is 18.3. The van der Waals surface area contributed by atoms with Gasteiger partial charge in [0.15, 0.2) is 0 Å². The topological polar surface area (TPSA) is 12.5 Å². The maximum Gasteiger partial charge on any atom is 0.123 e. The van der Waals surface area contributed by atoms with Crippen molar-refractivity contribution in [3.8, 4) is 0 Å². The van der Waals surface area contributed by atoms with Gasteiger partial charge in [0, 0.05) is 29.4 Å². The van der Waals surface area contributed by atoms with Gasteiger partial charge in [0.1, 0.15) is 19.4 Å². The summed E-state index contributed by atoms with van der Waals surface area (Å²) in [5, 5.41) is 0. The zero-order valence-corrected chi connectivity index (χ0v) is 16.0. The standard InChI is InChI=1S/C25H22BNO/c1-19-25(20-9-5-6-14-24(17-20)28-19)15-8-16-27(22-11-3-2-4-12-22)23-13-7-10-21(26)18-23/h2-15,17-18,20H,16H2,1H3/b15-8-. The van der Waals surface area contributed by atoms with Crippen LogP contribution in [-0.2, 0) is 4.74 Å². The van der Waals surface area contributed by atoms with Crippen molar-refractivity contribution in [3.63, 3.8) is 0 Å². The molecule has 2 bridgehead atoms. The summed E-state index contributed by atoms with van der Waals surface area (Å²) in [5.41, 5.74) is 4.14. The van der Waals surface area contributed by atoms with Crippen LogP contribution in [0.25, 0.3) is 0 Å². The minimum Gasteiger partial charge on any atom is -0.462 e. The molecule has 1 aliphatic carbocycles. The number of allylic oxidation sites excluding steroid dienone is 8. The van der Waals surface area contributed by atoms with Crippen molar-refractivity contribution >= 4 is 24.7 Å². The van der Waals surface area contributed by atoms with E-state index in [1.54, 1.807) is 0 Å². The lowest BCUT2D eigenvalue weighted by molar-refractivity contribution is 0.304. The molecule has 0 fully saturated rings. The van der Waals surface area contributed by atoms with Crippen LogP contribution in [-0.4, -0.2) is 14.4 Å². The van der Waals surface area contributed by atoms with Crippen molar-refractivity contribution in [2.24, 2.45) is 5.92 Å². The van der Waals surface area contributed by atoms with Gasteiger partial charge in [-0.3, -0.25) is 0 Å². The molecule has 2 nitrogen and oxygen atoms in total. The smallest absolute Gasteiger partial charge is 0.123 e. The highest BCUT2D eigenvalue weighted by Crippen LogP contribution is 2.31. The summed E-state index contributed by atoms with van der Waals surface area (Å²) in [6.45, 7) is 2.76. The van der Waals surface area contributed by atoms with Crippen LogP contribution in [0.15, 0.2) is 114 Å². The number of para-hydroxylation sites is 1. The SMILES string of the molecule is [B]c1cccc(N(C/C=C\C2=C(C)OC3=CC2C=CC=C3)c2ccccc2)c1. The molecule has 1 heterocycles. The summed E-state index contributed by atoms with van der Waals surface area (Å²) in [6.07, 6.45) is 14.8. The van der Waals surface area contributed by atoms with Gasteiger partial charge in [-0.25, -0.2) is 0 Å². The Bertz CT molecular complexity index is 998. The molecular formula is C25H22BNO. The van der Waals surface area contributed by atoms with Gasteiger partial charge in [-0.15, -0.1) is 0 Å². The van der Waals surface area contributed by atoms with Gasteiger partial charge in [0.25, 0.3) is 0 Å². The summed E-state index contributed by atoms with van der Waals surface area (Å²) in [4.78, 5) is 2.25. The number of nitrogens with zero attached hydrogens (tertiary/aromatic N) is 1. The first-order chi connectivity index (χ1) is 13.7. The van der Waals surface area contributed by atoms with Crippen molar-refractivity contribution < 1.29 is 4.74 Å². The van der Waals surface area contributed by atoms with Crippen molar-refractivity contribution in [2.45, 2.75) is 6.92 Å². The number of ether oxygens (including phenoxy) is 1. The number of fused-ring (bicyclic) bond motifs is 1. The first-order valence-corrected chi connectivity index (χ1v) is 9.51. The second-order valence-electron chi connectivity index (χ2n) is 6.90. The van der Waals surface area contributed by atoms with E-state index in [4.69, 9.17) is 12.6 Å². The molecular weight excluding hydrogens is 341 g/mol. The second kappa shape index (κ2) is 8.22. The molecule has 2 radical (unpaired) electrons. The Balaban J connectivity index is 1.59. The van der Waals surface area contributed by atoms with E-state index in [0.717, 1.165) is 34.9 Å². The van der Waals surface area contributed by atoms with E-state index in [9.17, 15) is 0 Å². The Kier molecular flexibility index (Phi) is 5.34. The third kappa shape index (κ3) is 4.04. The van der Waals surface area contributed by atoms with Crippen molar-refractivity contribution in [2.75, 3.05) is 11.4 Å². The summed E-state index contributed by atoms with van der Waals surface area (Å²) < 4.78 is 5.92. The van der Waals surface area contributed by atoms with Gasteiger partial charge < -0.3 is 9.64 Å². The van der Waals surface area contributed by atoms with Gasteiger partial charge in [-0.2, -0.15) is 0 Å². The van der Waals surface area contributed by atoms with Crippen LogP contribution in [0.3, 0.4) is 0 Å². The average molecular weight is 363 g/mol. The maximum absolute atomic E-state index is 6.02. The molecule has 0 aromatic heterocycles. The van der Waals surface area contributed by atoms with Gasteiger partial charge in [-0.05, 0) is 43.3 Å². The predicted molar refractivity (Wildman–Crippen MR) is 118 cm³/mol. The lowest BCUT2D eigenvalue weighted by Crippen LogP contribution is -2.18. The molecule has 2 aliphatic rings. The highest BCUT2D eigenvalue weighted by molar-refractivity contribution is 6.32. The fraction of sp³-hybridized carbons (Fsp3) is 0.120. The van der Waals surface area contributed by atoms with E-state index in [2.05, 4.69) is 65.6 Å². The Hall–Kier alpha value is -3.20. The maximum atomic E-state index is 6.02. The second-order valence-corrected chi connectivity index (χ2v) is 6.90. The Morgan fingerprint density at radius 3 is 2.68 bits per heavy atom. The van der Waals surface area contributed by atoms with Crippen LogP contribution >= 0.6 is 0 Å². The van der Waals surface area contributed by atoms with Crippen LogP contribution < -0.4 is 10.4 Å². The van der Waals surface area contributed by atoms with Gasteiger partial charge >= 0.3 is 0 Å². The number of rotatable bonds is 5. The number of hydrogen-bond donors (Lipinski definition) is 0. The molecule has 28 heavy (non-hydrogen) atoms.